The van der Waals surface area contributed by atoms with Gasteiger partial charge in [0.25, 0.3) is 5.91 Å². The molecule has 1 atom stereocenters. The van der Waals surface area contributed by atoms with Crippen LogP contribution >= 0.6 is 11.6 Å². The summed E-state index contributed by atoms with van der Waals surface area (Å²) < 4.78 is 45.9. The highest BCUT2D eigenvalue weighted by atomic mass is 35.5. The molecule has 0 unspecified atom stereocenters. The average Bonchev–Trinajstić information content (AvgIpc) is 3.58. The predicted octanol–water partition coefficient (Wildman–Crippen LogP) is 6.44. The van der Waals surface area contributed by atoms with Crippen molar-refractivity contribution in [3.05, 3.63) is 92.9 Å². The quantitative estimate of drug-likeness (QED) is 0.195. The van der Waals surface area contributed by atoms with Crippen molar-refractivity contribution in [1.29, 1.82) is 0 Å². The number of rotatable bonds is 6. The normalized spacial score (nSPS) is 13.9. The van der Waals surface area contributed by atoms with Gasteiger partial charge in [0.1, 0.15) is 17.0 Å². The molecule has 0 bridgehead atoms. The van der Waals surface area contributed by atoms with Gasteiger partial charge in [-0.1, -0.05) is 25.1 Å². The molecule has 0 spiro atoms. The number of nitrogens with zero attached hydrogens (tertiary/aromatic N) is 3. The van der Waals surface area contributed by atoms with Crippen LogP contribution < -0.4 is 15.8 Å². The third-order valence-electron chi connectivity index (χ3n) is 6.83. The van der Waals surface area contributed by atoms with E-state index in [0.29, 0.717) is 24.0 Å². The summed E-state index contributed by atoms with van der Waals surface area (Å²) in [6.45, 7) is 7.46. The molecule has 15 heteroatoms. The number of esters is 1. The van der Waals surface area contributed by atoms with Crippen molar-refractivity contribution in [1.82, 2.24) is 19.9 Å². The first kappa shape index (κ1) is 36.8. The summed E-state index contributed by atoms with van der Waals surface area (Å²) >= 11 is 5.55. The van der Waals surface area contributed by atoms with Crippen LogP contribution in [0, 0.1) is 6.92 Å². The number of carboxylic acids is 1. The van der Waals surface area contributed by atoms with Crippen molar-refractivity contribution in [3.8, 4) is 5.75 Å². The Labute approximate surface area is 273 Å². The maximum absolute atomic E-state index is 13.0. The minimum absolute atomic E-state index is 0. The van der Waals surface area contributed by atoms with Gasteiger partial charge in [-0.15, -0.1) is 13.2 Å². The number of carbonyl (C=O) groups excluding carboxylic acids is 2. The van der Waals surface area contributed by atoms with Gasteiger partial charge in [0.15, 0.2) is 11.3 Å². The zero-order valence-corrected chi connectivity index (χ0v) is 26.0. The number of nitrogens with one attached hydrogen (secondary N) is 1. The van der Waals surface area contributed by atoms with E-state index in [9.17, 15) is 32.7 Å². The number of halogens is 4. The minimum Gasteiger partial charge on any atom is -0.477 e. The smallest absolute Gasteiger partial charge is 0.477 e. The van der Waals surface area contributed by atoms with E-state index in [2.05, 4.69) is 20.1 Å². The molecule has 2 heterocycles. The molecule has 1 aliphatic rings. The monoisotopic (exact) mass is 677 g/mol. The van der Waals surface area contributed by atoms with E-state index in [4.69, 9.17) is 22.1 Å². The molecule has 1 aliphatic carbocycles. The van der Waals surface area contributed by atoms with Crippen molar-refractivity contribution in [2.75, 3.05) is 0 Å². The summed E-state index contributed by atoms with van der Waals surface area (Å²) in [7, 11) is 0. The molecule has 0 fully saturated rings. The van der Waals surface area contributed by atoms with Crippen molar-refractivity contribution in [3.63, 3.8) is 0 Å². The fourth-order valence-electron chi connectivity index (χ4n) is 4.93. The van der Waals surface area contributed by atoms with Gasteiger partial charge in [-0.25, -0.2) is 19.1 Å². The van der Waals surface area contributed by atoms with Gasteiger partial charge in [0.2, 0.25) is 0 Å². The van der Waals surface area contributed by atoms with Gasteiger partial charge in [0, 0.05) is 23.7 Å². The number of alkyl halides is 3. The predicted molar refractivity (Wildman–Crippen MR) is 168 cm³/mol. The summed E-state index contributed by atoms with van der Waals surface area (Å²) in [5, 5.41) is 16.5. The first-order chi connectivity index (χ1) is 21.5. The van der Waals surface area contributed by atoms with Crippen molar-refractivity contribution in [2.45, 2.75) is 72.5 Å². The van der Waals surface area contributed by atoms with E-state index >= 15 is 0 Å². The summed E-state index contributed by atoms with van der Waals surface area (Å²) in [6.07, 6.45) is -1.89. The third kappa shape index (κ3) is 9.20. The Bertz CT molecular complexity index is 1800. The van der Waals surface area contributed by atoms with Crippen LogP contribution in [0.25, 0.3) is 5.65 Å². The maximum Gasteiger partial charge on any atom is 0.573 e. The van der Waals surface area contributed by atoms with Gasteiger partial charge in [0.05, 0.1) is 17.8 Å². The van der Waals surface area contributed by atoms with Crippen LogP contribution in [0.15, 0.2) is 48.7 Å². The Hall–Kier alpha value is -4.69. The van der Waals surface area contributed by atoms with Gasteiger partial charge in [-0.05, 0) is 87.1 Å². The second-order valence-corrected chi connectivity index (χ2v) is 11.8. The first-order valence-electron chi connectivity index (χ1n) is 14.0. The fourth-order valence-corrected chi connectivity index (χ4v) is 5.18. The number of carbonyl (C=O) groups is 3. The van der Waals surface area contributed by atoms with Crippen LogP contribution in [0.5, 0.6) is 5.75 Å². The standard InChI is InChI=1S/C23H24N4O5.C8H7ClF3NO.CH4/c1-12-13-7-8-16(15(13)6-5-14(12)22(31)32-23(2,3)4)26-20(28)18-11-17(21(29)30)25-19-9-10-24-27(18)19;9-6-1-5(4-13)2-7(3-6)14-8(10,11)12;/h5-6,9-11,16H,7-8H2,1-4H3,(H,26,28)(H,29,30);1-3H,4,13H2;1H4/t16-;;/m0../s1. The van der Waals surface area contributed by atoms with E-state index in [-0.39, 0.29) is 53.8 Å². The fraction of sp³-hybridized carbons (Fsp3) is 0.344. The maximum atomic E-state index is 13.0. The Kier molecular flexibility index (Phi) is 11.3. The number of ether oxygens (including phenoxy) is 2. The Morgan fingerprint density at radius 2 is 1.83 bits per heavy atom. The van der Waals surface area contributed by atoms with Crippen LogP contribution in [0.3, 0.4) is 0 Å². The van der Waals surface area contributed by atoms with Crippen molar-refractivity contribution in [2.24, 2.45) is 5.73 Å². The topological polar surface area (TPSA) is 158 Å². The molecule has 11 nitrogen and oxygen atoms in total. The summed E-state index contributed by atoms with van der Waals surface area (Å²) in [5.41, 5.74) is 8.61. The van der Waals surface area contributed by atoms with E-state index in [1.165, 1.54) is 35.0 Å². The number of aromatic nitrogens is 3. The second-order valence-electron chi connectivity index (χ2n) is 11.4. The number of fused-ring (bicyclic) bond motifs is 2. The van der Waals surface area contributed by atoms with E-state index in [0.717, 1.165) is 22.8 Å². The lowest BCUT2D eigenvalue weighted by Crippen LogP contribution is -2.29. The Morgan fingerprint density at radius 1 is 1.13 bits per heavy atom. The number of hydrogen-bond acceptors (Lipinski definition) is 8. The molecular formula is C32H35ClF3N5O6. The average molecular weight is 678 g/mol. The Balaban J connectivity index is 0.000000338. The number of hydrogen-bond donors (Lipinski definition) is 3. The van der Waals surface area contributed by atoms with Crippen LogP contribution in [-0.2, 0) is 17.7 Å². The van der Waals surface area contributed by atoms with E-state index < -0.39 is 23.8 Å². The number of carboxylic acid groups (broad SMARTS) is 1. The first-order valence-corrected chi connectivity index (χ1v) is 14.3. The molecule has 0 aliphatic heterocycles. The second kappa shape index (κ2) is 14.4. The zero-order valence-electron chi connectivity index (χ0n) is 25.2. The highest BCUT2D eigenvalue weighted by Crippen LogP contribution is 2.35. The number of nitrogens with two attached hydrogens (primary N) is 1. The zero-order chi connectivity index (χ0) is 34.0. The molecule has 4 N–H and O–H groups in total. The molecule has 2 aromatic carbocycles. The molecule has 4 aromatic rings. The minimum atomic E-state index is -4.71. The van der Waals surface area contributed by atoms with Gasteiger partial charge in [-0.3, -0.25) is 4.79 Å². The van der Waals surface area contributed by atoms with Crippen LogP contribution in [0.4, 0.5) is 13.2 Å². The van der Waals surface area contributed by atoms with Gasteiger partial charge >= 0.3 is 18.3 Å². The van der Waals surface area contributed by atoms with E-state index in [1.54, 1.807) is 6.07 Å². The number of amides is 1. The SMILES string of the molecule is C.Cc1c(C(=O)OC(C)(C)C)ccc2c1CC[C@@H]2NC(=O)c1cc(C(=O)O)nc2ccnn12.NCc1cc(Cl)cc(OC(F)(F)F)c1. The highest BCUT2D eigenvalue weighted by molar-refractivity contribution is 6.30. The number of aromatic carboxylic acids is 1. The molecule has 5 rings (SSSR count). The van der Waals surface area contributed by atoms with Crippen LogP contribution in [0.1, 0.15) is 94.2 Å². The van der Waals surface area contributed by atoms with Crippen molar-refractivity contribution < 1.29 is 42.1 Å². The van der Waals surface area contributed by atoms with Crippen LogP contribution in [-0.4, -0.2) is 49.5 Å². The summed E-state index contributed by atoms with van der Waals surface area (Å²) in [5.74, 6) is -2.40. The molecule has 0 saturated carbocycles. The van der Waals surface area contributed by atoms with E-state index in [1.807, 2.05) is 33.8 Å². The molecule has 2 aromatic heterocycles. The Morgan fingerprint density at radius 3 is 2.45 bits per heavy atom. The summed E-state index contributed by atoms with van der Waals surface area (Å²) in [6, 6.07) is 9.81. The van der Waals surface area contributed by atoms with Crippen LogP contribution in [0.2, 0.25) is 5.02 Å². The molecule has 252 valence electrons. The highest BCUT2D eigenvalue weighted by Gasteiger charge is 2.32. The largest absolute Gasteiger partial charge is 0.573 e. The molecule has 1 amide bonds. The molecule has 0 saturated heterocycles. The van der Waals surface area contributed by atoms with Gasteiger partial charge in [-0.2, -0.15) is 5.10 Å². The lowest BCUT2D eigenvalue weighted by atomic mass is 9.97. The lowest BCUT2D eigenvalue weighted by Gasteiger charge is -2.21. The third-order valence-corrected chi connectivity index (χ3v) is 7.05. The molecule has 47 heavy (non-hydrogen) atoms. The van der Waals surface area contributed by atoms with Gasteiger partial charge < -0.3 is 25.6 Å². The van der Waals surface area contributed by atoms with Crippen molar-refractivity contribution >= 4 is 35.1 Å². The lowest BCUT2D eigenvalue weighted by molar-refractivity contribution is -0.274. The number of benzene rings is 2. The summed E-state index contributed by atoms with van der Waals surface area (Å²) in [4.78, 5) is 41.0. The molecular weight excluding hydrogens is 643 g/mol. The molecule has 0 radical (unpaired) electrons.